The molecule has 3 aliphatic rings. The van der Waals surface area contributed by atoms with E-state index in [1.807, 2.05) is 51.1 Å². The molecule has 4 rings (SSSR count). The zero-order valence-corrected chi connectivity index (χ0v) is 18.0. The molecule has 1 N–H and O–H groups in total. The number of likely N-dealkylation sites (tertiary alicyclic amines) is 1. The van der Waals surface area contributed by atoms with Crippen LogP contribution in [0.25, 0.3) is 0 Å². The van der Waals surface area contributed by atoms with Crippen LogP contribution in [0.2, 0.25) is 0 Å². The van der Waals surface area contributed by atoms with E-state index >= 15 is 0 Å². The minimum atomic E-state index is -1.27. The first-order valence-electron chi connectivity index (χ1n) is 10.5. The Hall–Kier alpha value is -2.93. The molecule has 1 aromatic carbocycles. The quantitative estimate of drug-likeness (QED) is 0.708. The summed E-state index contributed by atoms with van der Waals surface area (Å²) in [5.41, 5.74) is -1.01. The standard InChI is InChI=1S/C24H28N2O5/c1-5-13-25(14-15-9-7-6-8-10-15)21(28)19-24-12-11-16(31-24)17(22(29)30)18(24)20(27)26(19)23(2,3)4/h5-12,16-19H,1,13-14H2,2-4H3,(H,29,30)/t16-,17+,18+,19-,24+/m0/s1. The Labute approximate surface area is 182 Å². The average Bonchev–Trinajstić information content (AvgIpc) is 3.35. The van der Waals surface area contributed by atoms with Gasteiger partial charge in [0.15, 0.2) is 0 Å². The number of benzene rings is 1. The Kier molecular flexibility index (Phi) is 5.04. The first-order valence-corrected chi connectivity index (χ1v) is 10.5. The third-order valence-corrected chi connectivity index (χ3v) is 6.39. The van der Waals surface area contributed by atoms with Crippen molar-refractivity contribution in [1.29, 1.82) is 0 Å². The zero-order valence-electron chi connectivity index (χ0n) is 18.0. The van der Waals surface area contributed by atoms with Gasteiger partial charge in [-0.1, -0.05) is 48.6 Å². The van der Waals surface area contributed by atoms with Gasteiger partial charge in [-0.3, -0.25) is 14.4 Å². The van der Waals surface area contributed by atoms with Gasteiger partial charge in [0.1, 0.15) is 17.6 Å². The first kappa shape index (κ1) is 21.3. The summed E-state index contributed by atoms with van der Waals surface area (Å²) < 4.78 is 6.14. The van der Waals surface area contributed by atoms with Crippen LogP contribution in [0.4, 0.5) is 0 Å². The number of fused-ring (bicyclic) bond motifs is 1. The first-order chi connectivity index (χ1) is 14.6. The van der Waals surface area contributed by atoms with Crippen molar-refractivity contribution in [3.8, 4) is 0 Å². The summed E-state index contributed by atoms with van der Waals surface area (Å²) >= 11 is 0. The van der Waals surface area contributed by atoms with E-state index < -0.39 is 41.1 Å². The predicted molar refractivity (Wildman–Crippen MR) is 114 cm³/mol. The van der Waals surface area contributed by atoms with Gasteiger partial charge in [0.05, 0.1) is 12.0 Å². The molecule has 3 aliphatic heterocycles. The highest BCUT2D eigenvalue weighted by atomic mass is 16.5. The molecule has 164 valence electrons. The Morgan fingerprint density at radius 2 is 1.97 bits per heavy atom. The maximum atomic E-state index is 14.0. The molecule has 1 aromatic rings. The summed E-state index contributed by atoms with van der Waals surface area (Å²) in [6.07, 6.45) is 4.37. The largest absolute Gasteiger partial charge is 0.481 e. The molecule has 1 spiro atoms. The van der Waals surface area contributed by atoms with Crippen molar-refractivity contribution in [2.75, 3.05) is 6.54 Å². The van der Waals surface area contributed by atoms with E-state index in [4.69, 9.17) is 4.74 Å². The second-order valence-corrected chi connectivity index (χ2v) is 9.41. The number of carboxylic acids is 1. The number of nitrogens with zero attached hydrogens (tertiary/aromatic N) is 2. The van der Waals surface area contributed by atoms with Gasteiger partial charge in [-0.2, -0.15) is 0 Å². The monoisotopic (exact) mass is 424 g/mol. The lowest BCUT2D eigenvalue weighted by atomic mass is 9.74. The second kappa shape index (κ2) is 7.34. The van der Waals surface area contributed by atoms with E-state index in [-0.39, 0.29) is 11.8 Å². The SMILES string of the molecule is C=CCN(Cc1ccccc1)C(=O)[C@@H]1N(C(C)(C)C)C(=O)[C@H]2[C@H](C(=O)O)[C@@H]3C=C[C@]12O3. The van der Waals surface area contributed by atoms with Crippen molar-refractivity contribution < 1.29 is 24.2 Å². The summed E-state index contributed by atoms with van der Waals surface area (Å²) in [4.78, 5) is 42.7. The number of hydrogen-bond acceptors (Lipinski definition) is 4. The fourth-order valence-electron chi connectivity index (χ4n) is 5.22. The van der Waals surface area contributed by atoms with Gasteiger partial charge in [0.25, 0.3) is 0 Å². The molecule has 2 amide bonds. The molecule has 7 heteroatoms. The Morgan fingerprint density at radius 1 is 1.29 bits per heavy atom. The number of rotatable bonds is 6. The minimum absolute atomic E-state index is 0.272. The topological polar surface area (TPSA) is 87.2 Å². The summed E-state index contributed by atoms with van der Waals surface area (Å²) in [5, 5.41) is 9.81. The maximum Gasteiger partial charge on any atom is 0.310 e. The van der Waals surface area contributed by atoms with E-state index in [1.54, 1.807) is 23.1 Å². The smallest absolute Gasteiger partial charge is 0.310 e. The van der Waals surface area contributed by atoms with Gasteiger partial charge < -0.3 is 19.6 Å². The molecule has 2 bridgehead atoms. The highest BCUT2D eigenvalue weighted by Crippen LogP contribution is 2.56. The second-order valence-electron chi connectivity index (χ2n) is 9.41. The summed E-state index contributed by atoms with van der Waals surface area (Å²) in [7, 11) is 0. The Balaban J connectivity index is 1.77. The lowest BCUT2D eigenvalue weighted by Gasteiger charge is -2.41. The van der Waals surface area contributed by atoms with Crippen LogP contribution in [0.1, 0.15) is 26.3 Å². The number of hydrogen-bond donors (Lipinski definition) is 1. The van der Waals surface area contributed by atoms with E-state index in [0.717, 1.165) is 5.56 Å². The van der Waals surface area contributed by atoms with E-state index in [2.05, 4.69) is 6.58 Å². The van der Waals surface area contributed by atoms with Crippen molar-refractivity contribution in [3.05, 3.63) is 60.7 Å². The summed E-state index contributed by atoms with van der Waals surface area (Å²) in [6, 6.07) is 8.64. The number of ether oxygens (including phenoxy) is 1. The number of carbonyl (C=O) groups excluding carboxylic acids is 2. The van der Waals surface area contributed by atoms with Crippen LogP contribution >= 0.6 is 0 Å². The van der Waals surface area contributed by atoms with Gasteiger partial charge in [-0.25, -0.2) is 0 Å². The summed E-state index contributed by atoms with van der Waals surface area (Å²) in [6.45, 7) is 9.99. The number of amides is 2. The third kappa shape index (κ3) is 3.19. The minimum Gasteiger partial charge on any atom is -0.481 e. The van der Waals surface area contributed by atoms with Crippen LogP contribution in [0.15, 0.2) is 55.1 Å². The maximum absolute atomic E-state index is 14.0. The van der Waals surface area contributed by atoms with Crippen molar-refractivity contribution in [2.24, 2.45) is 11.8 Å². The zero-order chi connectivity index (χ0) is 22.6. The molecule has 0 aromatic heterocycles. The van der Waals surface area contributed by atoms with Gasteiger partial charge in [-0.05, 0) is 26.3 Å². The molecule has 0 radical (unpaired) electrons. The van der Waals surface area contributed by atoms with Gasteiger partial charge in [0, 0.05) is 18.6 Å². The normalized spacial score (nSPS) is 31.1. The van der Waals surface area contributed by atoms with E-state index in [1.165, 1.54) is 4.90 Å². The third-order valence-electron chi connectivity index (χ3n) is 6.39. The number of carbonyl (C=O) groups is 3. The molecule has 3 heterocycles. The van der Waals surface area contributed by atoms with Crippen LogP contribution in [0.3, 0.4) is 0 Å². The molecule has 0 aliphatic carbocycles. The molecule has 5 atom stereocenters. The van der Waals surface area contributed by atoms with E-state index in [9.17, 15) is 19.5 Å². The molecular weight excluding hydrogens is 396 g/mol. The average molecular weight is 424 g/mol. The fourth-order valence-corrected chi connectivity index (χ4v) is 5.22. The molecule has 2 fully saturated rings. The Morgan fingerprint density at radius 3 is 2.55 bits per heavy atom. The van der Waals surface area contributed by atoms with Crippen LogP contribution in [-0.2, 0) is 25.7 Å². The van der Waals surface area contributed by atoms with Crippen molar-refractivity contribution in [2.45, 2.75) is 50.6 Å². The highest BCUT2D eigenvalue weighted by Gasteiger charge is 2.74. The lowest BCUT2D eigenvalue weighted by Crippen LogP contribution is -2.59. The fraction of sp³-hybridized carbons (Fsp3) is 0.458. The van der Waals surface area contributed by atoms with Crippen molar-refractivity contribution >= 4 is 17.8 Å². The van der Waals surface area contributed by atoms with E-state index in [0.29, 0.717) is 13.1 Å². The molecule has 0 unspecified atom stereocenters. The number of aliphatic carboxylic acids is 1. The molecule has 0 saturated carbocycles. The predicted octanol–water partition coefficient (Wildman–Crippen LogP) is 2.23. The van der Waals surface area contributed by atoms with Crippen molar-refractivity contribution in [3.63, 3.8) is 0 Å². The van der Waals surface area contributed by atoms with Crippen molar-refractivity contribution in [1.82, 2.24) is 9.80 Å². The van der Waals surface area contributed by atoms with Gasteiger partial charge >= 0.3 is 5.97 Å². The van der Waals surface area contributed by atoms with Crippen LogP contribution < -0.4 is 0 Å². The van der Waals surface area contributed by atoms with Crippen LogP contribution in [0.5, 0.6) is 0 Å². The number of carboxylic acid groups (broad SMARTS) is 1. The highest BCUT2D eigenvalue weighted by molar-refractivity contribution is 5.99. The molecule has 7 nitrogen and oxygen atoms in total. The molecule has 2 saturated heterocycles. The van der Waals surface area contributed by atoms with Crippen LogP contribution in [0, 0.1) is 11.8 Å². The lowest BCUT2D eigenvalue weighted by molar-refractivity contribution is -0.154. The van der Waals surface area contributed by atoms with Gasteiger partial charge in [0.2, 0.25) is 11.8 Å². The molecular formula is C24H28N2O5. The summed E-state index contributed by atoms with van der Waals surface area (Å²) in [5.74, 6) is -3.62. The van der Waals surface area contributed by atoms with Crippen LogP contribution in [-0.4, -0.2) is 62.5 Å². The molecule has 31 heavy (non-hydrogen) atoms. The van der Waals surface area contributed by atoms with Gasteiger partial charge in [-0.15, -0.1) is 6.58 Å². The Bertz CT molecular complexity index is 950.